The van der Waals surface area contributed by atoms with Crippen LogP contribution in [0.15, 0.2) is 29.2 Å². The van der Waals surface area contributed by atoms with Crippen LogP contribution >= 0.6 is 0 Å². The Bertz CT molecular complexity index is 646. The number of benzene rings is 1. The van der Waals surface area contributed by atoms with Gasteiger partial charge in [0.2, 0.25) is 5.91 Å². The number of nitrogens with zero attached hydrogens (tertiary/aromatic N) is 1. The van der Waals surface area contributed by atoms with Crippen LogP contribution < -0.4 is 0 Å². The van der Waals surface area contributed by atoms with E-state index in [2.05, 4.69) is 0 Å². The summed E-state index contributed by atoms with van der Waals surface area (Å²) in [6.07, 6.45) is 1.85. The quantitative estimate of drug-likeness (QED) is 0.851. The van der Waals surface area contributed by atoms with Gasteiger partial charge in [-0.3, -0.25) is 4.79 Å². The summed E-state index contributed by atoms with van der Waals surface area (Å²) in [5.74, 6) is -2.10. The summed E-state index contributed by atoms with van der Waals surface area (Å²) in [4.78, 5) is 24.4. The molecule has 21 heavy (non-hydrogen) atoms. The molecule has 2 rings (SSSR count). The van der Waals surface area contributed by atoms with Gasteiger partial charge in [-0.05, 0) is 44.0 Å². The summed E-state index contributed by atoms with van der Waals surface area (Å²) in [7, 11) is -3.75. The molecule has 0 spiro atoms. The number of carboxylic acids is 1. The Morgan fingerprint density at radius 3 is 2.24 bits per heavy atom. The summed E-state index contributed by atoms with van der Waals surface area (Å²) < 4.78 is 24.4. The molecule has 7 heteroatoms. The zero-order valence-corrected chi connectivity index (χ0v) is 12.5. The largest absolute Gasteiger partial charge is 0.478 e. The fourth-order valence-electron chi connectivity index (χ4n) is 2.16. The second-order valence-corrected chi connectivity index (χ2v) is 6.99. The van der Waals surface area contributed by atoms with Gasteiger partial charge in [0.25, 0.3) is 0 Å². The van der Waals surface area contributed by atoms with E-state index in [4.69, 9.17) is 5.11 Å². The topological polar surface area (TPSA) is 91.8 Å². The van der Waals surface area contributed by atoms with Crippen molar-refractivity contribution in [3.8, 4) is 0 Å². The Balaban J connectivity index is 2.13. The molecular weight excluding hydrogens is 294 g/mol. The third-order valence-electron chi connectivity index (χ3n) is 3.42. The first-order valence-electron chi connectivity index (χ1n) is 6.70. The fraction of sp³-hybridized carbons (Fsp3) is 0.429. The van der Waals surface area contributed by atoms with Gasteiger partial charge >= 0.3 is 5.97 Å². The van der Waals surface area contributed by atoms with Crippen LogP contribution in [0.4, 0.5) is 0 Å². The van der Waals surface area contributed by atoms with Crippen LogP contribution in [-0.4, -0.2) is 48.6 Å². The van der Waals surface area contributed by atoms with Crippen molar-refractivity contribution in [1.29, 1.82) is 0 Å². The van der Waals surface area contributed by atoms with Gasteiger partial charge in [0.05, 0.1) is 10.5 Å². The second kappa shape index (κ2) is 5.85. The van der Waals surface area contributed by atoms with Crippen LogP contribution in [0.1, 0.15) is 30.1 Å². The van der Waals surface area contributed by atoms with Crippen molar-refractivity contribution in [2.75, 3.05) is 12.3 Å². The summed E-state index contributed by atoms with van der Waals surface area (Å²) in [6.45, 7) is 2.32. The number of amides is 1. The molecule has 1 aliphatic carbocycles. The highest BCUT2D eigenvalue weighted by molar-refractivity contribution is 7.92. The number of carbonyl (C=O) groups excluding carboxylic acids is 1. The SMILES string of the molecule is CCN(C(=O)CS(=O)(=O)c1ccc(C(=O)O)cc1)C1CC1. The minimum atomic E-state index is -3.75. The number of carboxylic acid groups (broad SMARTS) is 1. The molecular formula is C14H17NO5S. The highest BCUT2D eigenvalue weighted by Gasteiger charge is 2.33. The van der Waals surface area contributed by atoms with E-state index in [0.717, 1.165) is 12.8 Å². The van der Waals surface area contributed by atoms with Gasteiger partial charge < -0.3 is 10.0 Å². The minimum Gasteiger partial charge on any atom is -0.478 e. The molecule has 0 heterocycles. The van der Waals surface area contributed by atoms with Crippen molar-refractivity contribution in [2.24, 2.45) is 0 Å². The molecule has 0 radical (unpaired) electrons. The first-order chi connectivity index (χ1) is 9.85. The standard InChI is InChI=1S/C14H17NO5S/c1-2-15(11-5-6-11)13(16)9-21(19,20)12-7-3-10(4-8-12)14(17)18/h3-4,7-8,11H,2,5-6,9H2,1H3,(H,17,18). The van der Waals surface area contributed by atoms with E-state index in [9.17, 15) is 18.0 Å². The molecule has 1 N–H and O–H groups in total. The lowest BCUT2D eigenvalue weighted by Crippen LogP contribution is -2.37. The molecule has 0 atom stereocenters. The van der Waals surface area contributed by atoms with Crippen molar-refractivity contribution >= 4 is 21.7 Å². The molecule has 1 fully saturated rings. The van der Waals surface area contributed by atoms with Crippen molar-refractivity contribution in [1.82, 2.24) is 4.90 Å². The lowest BCUT2D eigenvalue weighted by molar-refractivity contribution is -0.128. The van der Waals surface area contributed by atoms with Gasteiger partial charge in [-0.25, -0.2) is 13.2 Å². The first-order valence-corrected chi connectivity index (χ1v) is 8.36. The van der Waals surface area contributed by atoms with E-state index < -0.39 is 27.5 Å². The normalized spacial score (nSPS) is 14.7. The summed E-state index contributed by atoms with van der Waals surface area (Å²) >= 11 is 0. The van der Waals surface area contributed by atoms with E-state index in [1.54, 1.807) is 4.90 Å². The first kappa shape index (κ1) is 15.5. The predicted molar refractivity (Wildman–Crippen MR) is 75.9 cm³/mol. The molecule has 0 aromatic heterocycles. The molecule has 1 amide bonds. The number of carbonyl (C=O) groups is 2. The Hall–Kier alpha value is -1.89. The highest BCUT2D eigenvalue weighted by Crippen LogP contribution is 2.27. The van der Waals surface area contributed by atoms with Gasteiger partial charge in [-0.1, -0.05) is 0 Å². The van der Waals surface area contributed by atoms with E-state index in [0.29, 0.717) is 6.54 Å². The maximum atomic E-state index is 12.2. The zero-order chi connectivity index (χ0) is 15.6. The highest BCUT2D eigenvalue weighted by atomic mass is 32.2. The average Bonchev–Trinajstić information content (AvgIpc) is 3.23. The summed E-state index contributed by atoms with van der Waals surface area (Å²) in [5.41, 5.74) is 0.00782. The van der Waals surface area contributed by atoms with Gasteiger partial charge in [0, 0.05) is 12.6 Å². The number of hydrogen-bond donors (Lipinski definition) is 1. The summed E-state index contributed by atoms with van der Waals surface area (Å²) in [6, 6.07) is 5.06. The molecule has 1 aromatic rings. The lowest BCUT2D eigenvalue weighted by Gasteiger charge is -2.20. The summed E-state index contributed by atoms with van der Waals surface area (Å²) in [5, 5.41) is 8.79. The van der Waals surface area contributed by atoms with Crippen LogP contribution in [0.25, 0.3) is 0 Å². The number of sulfone groups is 1. The van der Waals surface area contributed by atoms with Crippen molar-refractivity contribution in [2.45, 2.75) is 30.7 Å². The molecule has 1 saturated carbocycles. The number of hydrogen-bond acceptors (Lipinski definition) is 4. The number of rotatable bonds is 6. The molecule has 1 aromatic carbocycles. The van der Waals surface area contributed by atoms with E-state index in [-0.39, 0.29) is 16.5 Å². The lowest BCUT2D eigenvalue weighted by atomic mass is 10.2. The van der Waals surface area contributed by atoms with Crippen molar-refractivity contribution in [3.05, 3.63) is 29.8 Å². The Morgan fingerprint density at radius 2 is 1.81 bits per heavy atom. The monoisotopic (exact) mass is 311 g/mol. The third-order valence-corrected chi connectivity index (χ3v) is 5.04. The maximum Gasteiger partial charge on any atom is 0.335 e. The van der Waals surface area contributed by atoms with Crippen LogP contribution in [-0.2, 0) is 14.6 Å². The maximum absolute atomic E-state index is 12.2. The zero-order valence-electron chi connectivity index (χ0n) is 11.7. The second-order valence-electron chi connectivity index (χ2n) is 5.00. The minimum absolute atomic E-state index is 0.00782. The third kappa shape index (κ3) is 3.60. The Labute approximate surface area is 123 Å². The smallest absolute Gasteiger partial charge is 0.335 e. The van der Waals surface area contributed by atoms with E-state index in [1.165, 1.54) is 24.3 Å². The molecule has 0 aliphatic heterocycles. The van der Waals surface area contributed by atoms with Crippen molar-refractivity contribution < 1.29 is 23.1 Å². The molecule has 0 unspecified atom stereocenters. The van der Waals surface area contributed by atoms with Crippen LogP contribution in [0.3, 0.4) is 0 Å². The molecule has 0 saturated heterocycles. The van der Waals surface area contributed by atoms with E-state index >= 15 is 0 Å². The fourth-order valence-corrected chi connectivity index (χ4v) is 3.37. The molecule has 114 valence electrons. The average molecular weight is 311 g/mol. The van der Waals surface area contributed by atoms with Gasteiger partial charge in [-0.15, -0.1) is 0 Å². The Kier molecular flexibility index (Phi) is 4.32. The van der Waals surface area contributed by atoms with Crippen LogP contribution in [0.2, 0.25) is 0 Å². The van der Waals surface area contributed by atoms with Gasteiger partial charge in [0.15, 0.2) is 9.84 Å². The Morgan fingerprint density at radius 1 is 1.24 bits per heavy atom. The molecule has 6 nitrogen and oxygen atoms in total. The van der Waals surface area contributed by atoms with E-state index in [1.807, 2.05) is 6.92 Å². The van der Waals surface area contributed by atoms with Crippen LogP contribution in [0, 0.1) is 0 Å². The van der Waals surface area contributed by atoms with Crippen molar-refractivity contribution in [3.63, 3.8) is 0 Å². The van der Waals surface area contributed by atoms with Gasteiger partial charge in [-0.2, -0.15) is 0 Å². The van der Waals surface area contributed by atoms with Gasteiger partial charge in [0.1, 0.15) is 5.75 Å². The predicted octanol–water partition coefficient (Wildman–Crippen LogP) is 1.17. The number of aromatic carboxylic acids is 1. The van der Waals surface area contributed by atoms with Crippen LogP contribution in [0.5, 0.6) is 0 Å². The molecule has 0 bridgehead atoms. The molecule has 1 aliphatic rings.